The largest absolute Gasteiger partial charge is 0.492 e. The number of methoxy groups -OCH3 is 1. The fraction of sp³-hybridized carbons (Fsp3) is 0.222. The second kappa shape index (κ2) is 4.92. The van der Waals surface area contributed by atoms with Crippen LogP contribution in [0, 0.1) is 0 Å². The summed E-state index contributed by atoms with van der Waals surface area (Å²) < 4.78 is 9.73. The molecular weight excluding hydrogens is 258 g/mol. The number of nitrogens with one attached hydrogen (secondary N) is 1. The van der Waals surface area contributed by atoms with Gasteiger partial charge in [-0.25, -0.2) is 0 Å². The van der Waals surface area contributed by atoms with E-state index in [1.165, 1.54) is 13.5 Å². The van der Waals surface area contributed by atoms with Crippen molar-refractivity contribution in [2.45, 2.75) is 6.54 Å². The summed E-state index contributed by atoms with van der Waals surface area (Å²) in [5, 5.41) is 7.24. The molecule has 9 heteroatoms. The van der Waals surface area contributed by atoms with Crippen LogP contribution < -0.4 is 21.5 Å². The Morgan fingerprint density at radius 3 is 3.00 bits per heavy atom. The predicted molar refractivity (Wildman–Crippen MR) is 65.4 cm³/mol. The van der Waals surface area contributed by atoms with Gasteiger partial charge in [0.2, 0.25) is 6.39 Å². The maximum Gasteiger partial charge on any atom is 0.261 e. The first kappa shape index (κ1) is 12.2. The number of nitrogens with zero attached hydrogens (tertiary/aromatic N) is 2. The van der Waals surface area contributed by atoms with Gasteiger partial charge in [0.15, 0.2) is 11.6 Å². The van der Waals surface area contributed by atoms with Gasteiger partial charge in [-0.2, -0.15) is 4.98 Å². The first-order valence-electron chi connectivity index (χ1n) is 4.88. The quantitative estimate of drug-likeness (QED) is 0.717. The van der Waals surface area contributed by atoms with Gasteiger partial charge in [-0.15, -0.1) is 11.3 Å². The van der Waals surface area contributed by atoms with Crippen LogP contribution in [0.4, 0.5) is 10.7 Å². The van der Waals surface area contributed by atoms with E-state index in [4.69, 9.17) is 16.2 Å². The highest BCUT2D eigenvalue weighted by Gasteiger charge is 2.20. The summed E-state index contributed by atoms with van der Waals surface area (Å²) in [7, 11) is 1.46. The highest BCUT2D eigenvalue weighted by atomic mass is 32.1. The summed E-state index contributed by atoms with van der Waals surface area (Å²) in [5.74, 6) is 0.269. The van der Waals surface area contributed by atoms with Gasteiger partial charge in [-0.3, -0.25) is 4.79 Å². The van der Waals surface area contributed by atoms with Crippen LogP contribution in [0.3, 0.4) is 0 Å². The van der Waals surface area contributed by atoms with E-state index in [9.17, 15) is 4.79 Å². The number of hydrogen-bond donors (Lipinski definition) is 3. The van der Waals surface area contributed by atoms with Crippen LogP contribution in [0.1, 0.15) is 15.5 Å². The van der Waals surface area contributed by atoms with Crippen LogP contribution in [0.25, 0.3) is 0 Å². The molecule has 0 aliphatic carbocycles. The predicted octanol–water partition coefficient (Wildman–Crippen LogP) is 0.433. The third kappa shape index (κ3) is 2.20. The lowest BCUT2D eigenvalue weighted by atomic mass is 10.3. The second-order valence-corrected chi connectivity index (χ2v) is 4.29. The van der Waals surface area contributed by atoms with Gasteiger partial charge in [-0.05, 0) is 0 Å². The minimum absolute atomic E-state index is 0.227. The van der Waals surface area contributed by atoms with E-state index in [0.29, 0.717) is 23.1 Å². The maximum absolute atomic E-state index is 11.2. The molecule has 0 saturated heterocycles. The molecule has 2 rings (SSSR count). The van der Waals surface area contributed by atoms with E-state index in [-0.39, 0.29) is 10.6 Å². The Hall–Kier alpha value is -2.29. The minimum Gasteiger partial charge on any atom is -0.492 e. The first-order chi connectivity index (χ1) is 8.63. The lowest BCUT2D eigenvalue weighted by molar-refractivity contribution is 0.100. The fourth-order valence-corrected chi connectivity index (χ4v) is 2.30. The Labute approximate surface area is 106 Å². The molecular formula is C9H11N5O3S. The van der Waals surface area contributed by atoms with Gasteiger partial charge < -0.3 is 26.0 Å². The molecule has 0 unspecified atom stereocenters. The van der Waals surface area contributed by atoms with Crippen molar-refractivity contribution < 1.29 is 14.1 Å². The van der Waals surface area contributed by atoms with Gasteiger partial charge in [0.25, 0.3) is 5.91 Å². The second-order valence-electron chi connectivity index (χ2n) is 3.27. The number of primary amides is 1. The van der Waals surface area contributed by atoms with Gasteiger partial charge in [0.1, 0.15) is 15.6 Å². The maximum atomic E-state index is 11.2. The van der Waals surface area contributed by atoms with Crippen molar-refractivity contribution in [2.24, 2.45) is 5.73 Å². The average molecular weight is 269 g/mol. The van der Waals surface area contributed by atoms with Crippen molar-refractivity contribution >= 4 is 27.9 Å². The molecule has 0 aliphatic heterocycles. The van der Waals surface area contributed by atoms with E-state index >= 15 is 0 Å². The molecule has 0 fully saturated rings. The lowest BCUT2D eigenvalue weighted by Crippen LogP contribution is -2.10. The summed E-state index contributed by atoms with van der Waals surface area (Å²) in [6, 6.07) is 0. The Bertz CT molecular complexity index is 551. The number of amides is 1. The van der Waals surface area contributed by atoms with E-state index in [1.54, 1.807) is 0 Å². The monoisotopic (exact) mass is 269 g/mol. The van der Waals surface area contributed by atoms with Gasteiger partial charge in [0.05, 0.1) is 13.7 Å². The number of carbonyl (C=O) groups excluding carboxylic acids is 1. The molecule has 0 radical (unpaired) electrons. The molecule has 2 aromatic heterocycles. The summed E-state index contributed by atoms with van der Waals surface area (Å²) in [6.45, 7) is 0.324. The van der Waals surface area contributed by atoms with Crippen molar-refractivity contribution in [3.63, 3.8) is 0 Å². The van der Waals surface area contributed by atoms with E-state index < -0.39 is 5.91 Å². The zero-order valence-electron chi connectivity index (χ0n) is 9.47. The highest BCUT2D eigenvalue weighted by molar-refractivity contribution is 7.19. The van der Waals surface area contributed by atoms with Crippen molar-refractivity contribution in [3.05, 3.63) is 17.1 Å². The number of thiophene rings is 1. The van der Waals surface area contributed by atoms with Crippen LogP contribution in [0.15, 0.2) is 10.9 Å². The summed E-state index contributed by atoms with van der Waals surface area (Å²) >= 11 is 1.12. The van der Waals surface area contributed by atoms with Gasteiger partial charge in [0, 0.05) is 0 Å². The molecule has 0 spiro atoms. The Balaban J connectivity index is 2.21. The van der Waals surface area contributed by atoms with E-state index in [0.717, 1.165) is 11.3 Å². The zero-order valence-corrected chi connectivity index (χ0v) is 10.3. The van der Waals surface area contributed by atoms with E-state index in [2.05, 4.69) is 20.0 Å². The topological polar surface area (TPSA) is 129 Å². The van der Waals surface area contributed by atoms with Crippen LogP contribution in [0.5, 0.6) is 5.75 Å². The smallest absolute Gasteiger partial charge is 0.261 e. The number of rotatable bonds is 5. The summed E-state index contributed by atoms with van der Waals surface area (Å²) in [4.78, 5) is 15.3. The number of carbonyl (C=O) groups is 1. The number of hydrogen-bond acceptors (Lipinski definition) is 8. The molecule has 1 amide bonds. The number of nitrogens with two attached hydrogens (primary N) is 2. The molecule has 0 aromatic carbocycles. The molecule has 0 bridgehead atoms. The number of nitrogen functional groups attached to an aromatic ring is 1. The first-order valence-corrected chi connectivity index (χ1v) is 5.70. The Morgan fingerprint density at radius 1 is 1.67 bits per heavy atom. The molecule has 0 saturated carbocycles. The van der Waals surface area contributed by atoms with Crippen molar-refractivity contribution in [2.75, 3.05) is 18.2 Å². The van der Waals surface area contributed by atoms with Crippen LogP contribution in [-0.4, -0.2) is 23.2 Å². The molecule has 18 heavy (non-hydrogen) atoms. The number of ether oxygens (including phenoxy) is 1. The SMILES string of the molecule is COc1c(NCc2ncon2)sc(C(N)=O)c1N. The Kier molecular flexibility index (Phi) is 3.33. The zero-order chi connectivity index (χ0) is 13.1. The van der Waals surface area contributed by atoms with Crippen molar-refractivity contribution in [1.29, 1.82) is 0 Å². The fourth-order valence-electron chi connectivity index (χ4n) is 1.36. The third-order valence-corrected chi connectivity index (χ3v) is 3.30. The molecule has 2 aromatic rings. The van der Waals surface area contributed by atoms with Gasteiger partial charge >= 0.3 is 0 Å². The van der Waals surface area contributed by atoms with Crippen LogP contribution >= 0.6 is 11.3 Å². The standard InChI is InChI=1S/C9H11N5O3S/c1-16-6-5(10)7(8(11)15)18-9(6)12-2-4-13-3-17-14-4/h3,12H,2,10H2,1H3,(H2,11,15). The van der Waals surface area contributed by atoms with Crippen LogP contribution in [0.2, 0.25) is 0 Å². The van der Waals surface area contributed by atoms with Crippen molar-refractivity contribution in [1.82, 2.24) is 10.1 Å². The number of anilines is 2. The highest BCUT2D eigenvalue weighted by Crippen LogP contribution is 2.42. The number of aromatic nitrogens is 2. The molecule has 2 heterocycles. The summed E-state index contributed by atoms with van der Waals surface area (Å²) in [6.07, 6.45) is 1.23. The van der Waals surface area contributed by atoms with E-state index in [1.807, 2.05) is 0 Å². The van der Waals surface area contributed by atoms with Crippen molar-refractivity contribution in [3.8, 4) is 5.75 Å². The third-order valence-electron chi connectivity index (χ3n) is 2.14. The molecule has 8 nitrogen and oxygen atoms in total. The van der Waals surface area contributed by atoms with Gasteiger partial charge in [-0.1, -0.05) is 5.16 Å². The minimum atomic E-state index is -0.594. The molecule has 0 atom stereocenters. The molecule has 5 N–H and O–H groups in total. The van der Waals surface area contributed by atoms with Crippen LogP contribution in [-0.2, 0) is 6.54 Å². The lowest BCUT2D eigenvalue weighted by Gasteiger charge is -2.04. The normalized spacial score (nSPS) is 10.3. The summed E-state index contributed by atoms with van der Waals surface area (Å²) in [5.41, 5.74) is 11.2. The molecule has 96 valence electrons. The Morgan fingerprint density at radius 2 is 2.44 bits per heavy atom. The average Bonchev–Trinajstić information content (AvgIpc) is 2.93. The molecule has 0 aliphatic rings.